The van der Waals surface area contributed by atoms with Crippen LogP contribution >= 0.6 is 0 Å². The smallest absolute Gasteiger partial charge is 0.295 e. The van der Waals surface area contributed by atoms with E-state index < -0.39 is 0 Å². The summed E-state index contributed by atoms with van der Waals surface area (Å²) in [6.45, 7) is 0.182. The number of anilines is 2. The van der Waals surface area contributed by atoms with Crippen LogP contribution in [0.1, 0.15) is 0 Å². The molecule has 0 amide bonds. The molecule has 6 aromatic rings. The van der Waals surface area contributed by atoms with Crippen LogP contribution in [0.25, 0.3) is 16.6 Å². The van der Waals surface area contributed by atoms with Crippen LogP contribution in [0.4, 0.5) is 11.5 Å². The van der Waals surface area contributed by atoms with Gasteiger partial charge in [0, 0.05) is 5.69 Å². The average molecular weight is 471 g/mol. The predicted molar refractivity (Wildman–Crippen MR) is 157 cm³/mol. The Hall–Kier alpha value is -4.47. The predicted octanol–water partition coefficient (Wildman–Crippen LogP) is 4.22. The summed E-state index contributed by atoms with van der Waals surface area (Å²) >= 11 is 0. The zero-order valence-electron chi connectivity index (χ0n) is 20.3. The van der Waals surface area contributed by atoms with Crippen molar-refractivity contribution in [2.45, 2.75) is 0 Å². The van der Waals surface area contributed by atoms with Crippen molar-refractivity contribution in [3.05, 3.63) is 140 Å². The van der Waals surface area contributed by atoms with Crippen molar-refractivity contribution in [3.63, 3.8) is 0 Å². The van der Waals surface area contributed by atoms with Gasteiger partial charge in [0.1, 0.15) is 5.82 Å². The number of hydrazine groups is 1. The minimum absolute atomic E-state index is 0.0728. The van der Waals surface area contributed by atoms with Gasteiger partial charge in [-0.3, -0.25) is 14.4 Å². The third-order valence-corrected chi connectivity index (χ3v) is 7.83. The molecule has 5 heteroatoms. The van der Waals surface area contributed by atoms with Crippen molar-refractivity contribution >= 4 is 58.0 Å². The van der Waals surface area contributed by atoms with Crippen molar-refractivity contribution in [2.24, 2.45) is 0 Å². The monoisotopic (exact) mass is 471 g/mol. The van der Waals surface area contributed by atoms with Crippen molar-refractivity contribution in [1.29, 1.82) is 0 Å². The van der Waals surface area contributed by atoms with Gasteiger partial charge in [0.15, 0.2) is 0 Å². The molecule has 0 bridgehead atoms. The van der Waals surface area contributed by atoms with Crippen molar-refractivity contribution in [3.8, 4) is 5.69 Å². The van der Waals surface area contributed by atoms with Crippen molar-refractivity contribution < 1.29 is 0 Å². The molecule has 3 nitrogen and oxygen atoms in total. The fraction of sp³-hybridized carbons (Fsp3) is 0. The van der Waals surface area contributed by atoms with Gasteiger partial charge in [0.25, 0.3) is 0 Å². The normalized spacial score (nSPS) is 14.2. The number of hydrogen-bond donors (Lipinski definition) is 0. The summed E-state index contributed by atoms with van der Waals surface area (Å²) in [6, 6.07) is 50.4. The number of fused-ring (bicyclic) bond motifs is 7. The van der Waals surface area contributed by atoms with Crippen LogP contribution in [0.5, 0.6) is 0 Å². The van der Waals surface area contributed by atoms with E-state index in [1.807, 2.05) is 0 Å². The Balaban J connectivity index is 1.50. The molecule has 2 aliphatic heterocycles. The molecule has 8 rings (SSSR count). The summed E-state index contributed by atoms with van der Waals surface area (Å²) in [6.07, 6.45) is 0. The van der Waals surface area contributed by atoms with E-state index in [0.29, 0.717) is 0 Å². The Kier molecular flexibility index (Phi) is 4.49. The average Bonchev–Trinajstić information content (AvgIpc) is 3.59. The highest BCUT2D eigenvalue weighted by atomic mass is 15.6. The molecule has 3 heterocycles. The molecule has 2 aliphatic rings. The number of hydrogen-bond acceptors (Lipinski definition) is 2. The van der Waals surface area contributed by atoms with Crippen LogP contribution in [0.3, 0.4) is 0 Å². The molecule has 37 heavy (non-hydrogen) atoms. The first-order valence-electron chi connectivity index (χ1n) is 12.9. The van der Waals surface area contributed by atoms with Crippen LogP contribution in [0.15, 0.2) is 140 Å². The maximum absolute atomic E-state index is 2.60. The zero-order chi connectivity index (χ0) is 24.3. The second-order valence-electron chi connectivity index (χ2n) is 9.80. The molecule has 0 saturated heterocycles. The molecule has 1 aromatic heterocycles. The topological polar surface area (TPSA) is 11.4 Å². The van der Waals surface area contributed by atoms with Gasteiger partial charge in [-0.25, -0.2) is 0 Å². The highest BCUT2D eigenvalue weighted by molar-refractivity contribution is 7.01. The Morgan fingerprint density at radius 2 is 1.05 bits per heavy atom. The third kappa shape index (κ3) is 2.89. The Bertz CT molecular complexity index is 1750. The van der Waals surface area contributed by atoms with E-state index in [1.165, 1.54) is 49.9 Å². The molecule has 0 radical (unpaired) electrons. The zero-order valence-corrected chi connectivity index (χ0v) is 20.3. The van der Waals surface area contributed by atoms with Crippen LogP contribution in [0, 0.1) is 0 Å². The van der Waals surface area contributed by atoms with Crippen LogP contribution in [-0.2, 0) is 0 Å². The molecule has 0 N–H and O–H groups in total. The summed E-state index contributed by atoms with van der Waals surface area (Å²) < 4.78 is 2.45. The largest absolute Gasteiger partial charge is 0.305 e. The maximum atomic E-state index is 2.60. The number of nitrogens with zero attached hydrogens (tertiary/aromatic N) is 3. The van der Waals surface area contributed by atoms with Gasteiger partial charge < -0.3 is 0 Å². The van der Waals surface area contributed by atoms with Crippen LogP contribution in [-0.4, -0.2) is 23.1 Å². The first-order chi connectivity index (χ1) is 18.4. The molecule has 172 valence electrons. The van der Waals surface area contributed by atoms with E-state index >= 15 is 0 Å². The molecule has 0 aliphatic carbocycles. The third-order valence-electron chi connectivity index (χ3n) is 7.83. The molecule has 0 fully saturated rings. The summed E-state index contributed by atoms with van der Waals surface area (Å²) in [7, 11) is 0. The summed E-state index contributed by atoms with van der Waals surface area (Å²) in [4.78, 5) is 2.60. The summed E-state index contributed by atoms with van der Waals surface area (Å²) in [5.41, 5.74) is 8.96. The lowest BCUT2D eigenvalue weighted by Gasteiger charge is -2.32. The van der Waals surface area contributed by atoms with Crippen LogP contribution in [0.2, 0.25) is 0 Å². The highest BCUT2D eigenvalue weighted by Gasteiger charge is 2.55. The summed E-state index contributed by atoms with van der Waals surface area (Å²) in [5.74, 6) is 1.23. The molecule has 0 unspecified atom stereocenters. The SMILES string of the molecule is c1ccc(B2c3ccccc3N3c4c(c5ccccc5n4-c4ccccc4)B(c4ccccc4)N23)cc1. The Morgan fingerprint density at radius 1 is 0.486 bits per heavy atom. The van der Waals surface area contributed by atoms with Crippen molar-refractivity contribution in [1.82, 2.24) is 9.40 Å². The van der Waals surface area contributed by atoms with Gasteiger partial charge in [0.05, 0.1) is 11.2 Å². The van der Waals surface area contributed by atoms with E-state index in [2.05, 4.69) is 154 Å². The quantitative estimate of drug-likeness (QED) is 0.359. The molecule has 0 saturated carbocycles. The van der Waals surface area contributed by atoms with Crippen molar-refractivity contribution in [2.75, 3.05) is 5.01 Å². The number of rotatable bonds is 3. The summed E-state index contributed by atoms with van der Waals surface area (Å²) in [5, 5.41) is 3.79. The molecule has 0 atom stereocenters. The lowest BCUT2D eigenvalue weighted by molar-refractivity contribution is 0.704. The van der Waals surface area contributed by atoms with Gasteiger partial charge >= 0.3 is 13.7 Å². The van der Waals surface area contributed by atoms with E-state index in [1.54, 1.807) is 0 Å². The molecule has 5 aromatic carbocycles. The fourth-order valence-corrected chi connectivity index (χ4v) is 6.40. The lowest BCUT2D eigenvalue weighted by Crippen LogP contribution is -2.64. The standard InChI is InChI=1S/C32H23B2N3/c1-4-14-24(15-5-1)33-28-21-11-13-23-30(28)36-32-31(34(37(33)36)25-16-6-2-7-17-25)27-20-10-12-22-29(27)35(32)26-18-8-3-9-19-26/h1-23H. The van der Waals surface area contributed by atoms with E-state index in [4.69, 9.17) is 0 Å². The fourth-order valence-electron chi connectivity index (χ4n) is 6.40. The van der Waals surface area contributed by atoms with Crippen LogP contribution < -0.4 is 26.9 Å². The van der Waals surface area contributed by atoms with Gasteiger partial charge in [-0.05, 0) is 40.6 Å². The number of para-hydroxylation sites is 3. The number of benzene rings is 5. The maximum Gasteiger partial charge on any atom is 0.305 e. The second kappa shape index (κ2) is 8.02. The second-order valence-corrected chi connectivity index (χ2v) is 9.80. The van der Waals surface area contributed by atoms with E-state index in [-0.39, 0.29) is 13.7 Å². The van der Waals surface area contributed by atoms with Gasteiger partial charge in [-0.1, -0.05) is 126 Å². The minimum Gasteiger partial charge on any atom is -0.295 e. The Morgan fingerprint density at radius 3 is 1.78 bits per heavy atom. The molecular formula is C32H23B2N3. The van der Waals surface area contributed by atoms with Gasteiger partial charge in [-0.15, -0.1) is 0 Å². The van der Waals surface area contributed by atoms with E-state index in [9.17, 15) is 0 Å². The van der Waals surface area contributed by atoms with E-state index in [0.717, 1.165) is 0 Å². The molecule has 0 spiro atoms. The first kappa shape index (κ1) is 20.7. The molecular weight excluding hydrogens is 448 g/mol. The lowest BCUT2D eigenvalue weighted by atomic mass is 9.40. The van der Waals surface area contributed by atoms with Gasteiger partial charge in [0.2, 0.25) is 0 Å². The van der Waals surface area contributed by atoms with Gasteiger partial charge in [-0.2, -0.15) is 0 Å². The highest BCUT2D eigenvalue weighted by Crippen LogP contribution is 2.42. The Labute approximate surface area is 217 Å². The number of aromatic nitrogens is 1. The first-order valence-corrected chi connectivity index (χ1v) is 12.9. The minimum atomic E-state index is 0.0728.